The molecule has 5 nitrogen and oxygen atoms in total. The van der Waals surface area contributed by atoms with Crippen molar-refractivity contribution >= 4 is 17.5 Å². The van der Waals surface area contributed by atoms with E-state index in [2.05, 4.69) is 10.2 Å². The highest BCUT2D eigenvalue weighted by Crippen LogP contribution is 2.19. The minimum Gasteiger partial charge on any atom is -0.508 e. The minimum absolute atomic E-state index is 0.145. The average Bonchev–Trinajstić information content (AvgIpc) is 2.60. The molecule has 0 saturated heterocycles. The van der Waals surface area contributed by atoms with Gasteiger partial charge in [-0.25, -0.2) is 0 Å². The second-order valence-corrected chi connectivity index (χ2v) is 6.88. The summed E-state index contributed by atoms with van der Waals surface area (Å²) in [4.78, 5) is 14.6. The quantitative estimate of drug-likeness (QED) is 0.755. The molecule has 6 heteroatoms. The van der Waals surface area contributed by atoms with E-state index in [0.29, 0.717) is 30.8 Å². The second-order valence-electron chi connectivity index (χ2n) is 6.45. The van der Waals surface area contributed by atoms with E-state index < -0.39 is 0 Å². The topological polar surface area (TPSA) is 78.6 Å². The molecule has 0 radical (unpaired) electrons. The van der Waals surface area contributed by atoms with Crippen molar-refractivity contribution in [2.45, 2.75) is 19.5 Å². The molecule has 0 unspecified atom stereocenters. The third kappa shape index (κ3) is 4.77. The summed E-state index contributed by atoms with van der Waals surface area (Å²) in [5, 5.41) is 13.1. The number of hydrogen-bond donors (Lipinski definition) is 3. The lowest BCUT2D eigenvalue weighted by Gasteiger charge is -2.28. The molecule has 0 saturated carbocycles. The second kappa shape index (κ2) is 8.25. The zero-order valence-corrected chi connectivity index (χ0v) is 15.2. The highest BCUT2D eigenvalue weighted by atomic mass is 35.5. The minimum atomic E-state index is -0.145. The summed E-state index contributed by atoms with van der Waals surface area (Å²) in [6.07, 6.45) is 0.609. The van der Waals surface area contributed by atoms with Gasteiger partial charge in [0.15, 0.2) is 0 Å². The summed E-state index contributed by atoms with van der Waals surface area (Å²) in [5.41, 5.74) is 9.38. The predicted octanol–water partition coefficient (Wildman–Crippen LogP) is 2.78. The molecule has 1 heterocycles. The number of phenolic OH excluding ortho intramolecular Hbond substituents is 1. The number of benzene rings is 2. The highest BCUT2D eigenvalue weighted by Gasteiger charge is 2.22. The fourth-order valence-electron chi connectivity index (χ4n) is 3.09. The van der Waals surface area contributed by atoms with Gasteiger partial charge in [-0.2, -0.15) is 0 Å². The molecule has 2 aromatic carbocycles. The lowest BCUT2D eigenvalue weighted by atomic mass is 10.0. The van der Waals surface area contributed by atoms with E-state index in [0.717, 1.165) is 29.2 Å². The van der Waals surface area contributed by atoms with Crippen LogP contribution in [0.4, 0.5) is 0 Å². The van der Waals surface area contributed by atoms with Gasteiger partial charge >= 0.3 is 0 Å². The largest absolute Gasteiger partial charge is 0.508 e. The first-order valence-electron chi connectivity index (χ1n) is 8.51. The SMILES string of the molecule is NC1=C(C(=O)NCc2cccc(O)c2)CCN(Cc2cccc(Cl)c2)C1. The Morgan fingerprint density at radius 1 is 1.19 bits per heavy atom. The van der Waals surface area contributed by atoms with E-state index in [1.54, 1.807) is 18.2 Å². The van der Waals surface area contributed by atoms with Gasteiger partial charge < -0.3 is 16.2 Å². The molecule has 0 atom stereocenters. The Labute approximate surface area is 158 Å². The maximum absolute atomic E-state index is 12.4. The molecule has 3 rings (SSSR count). The number of halogens is 1. The maximum Gasteiger partial charge on any atom is 0.249 e. The Hall–Kier alpha value is -2.50. The third-order valence-corrected chi connectivity index (χ3v) is 4.63. The molecule has 0 bridgehead atoms. The smallest absolute Gasteiger partial charge is 0.249 e. The predicted molar refractivity (Wildman–Crippen MR) is 103 cm³/mol. The number of amides is 1. The number of carbonyl (C=O) groups excluding carboxylic acids is 1. The number of carbonyl (C=O) groups is 1. The van der Waals surface area contributed by atoms with Crippen molar-refractivity contribution in [2.75, 3.05) is 13.1 Å². The van der Waals surface area contributed by atoms with Crippen molar-refractivity contribution in [3.05, 3.63) is 76.0 Å². The van der Waals surface area contributed by atoms with Crippen LogP contribution in [0.25, 0.3) is 0 Å². The molecular formula is C20H22ClN3O2. The summed E-state index contributed by atoms with van der Waals surface area (Å²) in [7, 11) is 0. The number of hydrogen-bond acceptors (Lipinski definition) is 4. The van der Waals surface area contributed by atoms with Gasteiger partial charge in [-0.3, -0.25) is 9.69 Å². The van der Waals surface area contributed by atoms with Crippen LogP contribution in [0.3, 0.4) is 0 Å². The van der Waals surface area contributed by atoms with E-state index in [4.69, 9.17) is 17.3 Å². The standard InChI is InChI=1S/C20H22ClN3O2/c21-16-5-1-4-15(9-16)12-24-8-7-18(19(22)13-24)20(26)23-11-14-3-2-6-17(25)10-14/h1-6,9-10,25H,7-8,11-13,22H2,(H,23,26). The van der Waals surface area contributed by atoms with Crippen LogP contribution in [0.1, 0.15) is 17.5 Å². The van der Waals surface area contributed by atoms with E-state index in [-0.39, 0.29) is 11.7 Å². The first-order chi connectivity index (χ1) is 12.5. The summed E-state index contributed by atoms with van der Waals surface area (Å²) in [5.74, 6) is 0.0399. The monoisotopic (exact) mass is 371 g/mol. The van der Waals surface area contributed by atoms with E-state index in [1.165, 1.54) is 0 Å². The highest BCUT2D eigenvalue weighted by molar-refractivity contribution is 6.30. The number of rotatable bonds is 5. The molecule has 1 aliphatic heterocycles. The summed E-state index contributed by atoms with van der Waals surface area (Å²) in [6.45, 7) is 2.43. The first kappa shape index (κ1) is 18.3. The van der Waals surface area contributed by atoms with E-state index in [9.17, 15) is 9.90 Å². The van der Waals surface area contributed by atoms with Crippen LogP contribution in [0.2, 0.25) is 5.02 Å². The molecule has 136 valence electrons. The maximum atomic E-state index is 12.4. The number of phenols is 1. The van der Waals surface area contributed by atoms with Crippen LogP contribution in [-0.2, 0) is 17.9 Å². The molecule has 0 fully saturated rings. The lowest BCUT2D eigenvalue weighted by molar-refractivity contribution is -0.118. The Kier molecular flexibility index (Phi) is 5.81. The van der Waals surface area contributed by atoms with Gasteiger partial charge in [0.2, 0.25) is 5.91 Å². The molecule has 1 aliphatic rings. The van der Waals surface area contributed by atoms with Crippen molar-refractivity contribution in [2.24, 2.45) is 5.73 Å². The number of nitrogens with one attached hydrogen (secondary N) is 1. The van der Waals surface area contributed by atoms with Crippen LogP contribution in [0, 0.1) is 0 Å². The molecule has 0 aromatic heterocycles. The zero-order chi connectivity index (χ0) is 18.5. The molecular weight excluding hydrogens is 350 g/mol. The Balaban J connectivity index is 1.57. The average molecular weight is 372 g/mol. The van der Waals surface area contributed by atoms with Crippen molar-refractivity contribution in [3.8, 4) is 5.75 Å². The summed E-state index contributed by atoms with van der Waals surface area (Å²) in [6, 6.07) is 14.6. The van der Waals surface area contributed by atoms with Gasteiger partial charge in [0.25, 0.3) is 0 Å². The third-order valence-electron chi connectivity index (χ3n) is 4.39. The molecule has 0 aliphatic carbocycles. The Morgan fingerprint density at radius 3 is 2.69 bits per heavy atom. The van der Waals surface area contributed by atoms with E-state index in [1.807, 2.05) is 30.3 Å². The van der Waals surface area contributed by atoms with Gasteiger partial charge in [0, 0.05) is 42.5 Å². The van der Waals surface area contributed by atoms with E-state index >= 15 is 0 Å². The molecule has 4 N–H and O–H groups in total. The number of nitrogens with two attached hydrogens (primary N) is 1. The van der Waals surface area contributed by atoms with Gasteiger partial charge in [0.1, 0.15) is 5.75 Å². The van der Waals surface area contributed by atoms with Gasteiger partial charge in [-0.15, -0.1) is 0 Å². The van der Waals surface area contributed by atoms with Crippen LogP contribution in [-0.4, -0.2) is 29.0 Å². The van der Waals surface area contributed by atoms with Gasteiger partial charge in [-0.05, 0) is 41.8 Å². The Morgan fingerprint density at radius 2 is 1.96 bits per heavy atom. The zero-order valence-electron chi connectivity index (χ0n) is 14.4. The van der Waals surface area contributed by atoms with Crippen molar-refractivity contribution in [1.29, 1.82) is 0 Å². The van der Waals surface area contributed by atoms with Crippen molar-refractivity contribution in [1.82, 2.24) is 10.2 Å². The van der Waals surface area contributed by atoms with Gasteiger partial charge in [-0.1, -0.05) is 35.9 Å². The molecule has 1 amide bonds. The first-order valence-corrected chi connectivity index (χ1v) is 8.89. The fraction of sp³-hybridized carbons (Fsp3) is 0.250. The van der Waals surface area contributed by atoms with Crippen molar-refractivity contribution in [3.63, 3.8) is 0 Å². The molecule has 2 aromatic rings. The fourth-order valence-corrected chi connectivity index (χ4v) is 3.30. The number of aromatic hydroxyl groups is 1. The summed E-state index contributed by atoms with van der Waals surface area (Å²) >= 11 is 6.03. The van der Waals surface area contributed by atoms with Crippen LogP contribution >= 0.6 is 11.6 Å². The molecule has 26 heavy (non-hydrogen) atoms. The van der Waals surface area contributed by atoms with Crippen LogP contribution in [0.15, 0.2) is 59.8 Å². The van der Waals surface area contributed by atoms with Crippen LogP contribution in [0.5, 0.6) is 5.75 Å². The Bertz CT molecular complexity index is 835. The normalized spacial score (nSPS) is 15.1. The van der Waals surface area contributed by atoms with Crippen molar-refractivity contribution < 1.29 is 9.90 Å². The molecule has 0 spiro atoms. The summed E-state index contributed by atoms with van der Waals surface area (Å²) < 4.78 is 0. The lowest BCUT2D eigenvalue weighted by Crippen LogP contribution is -2.38. The van der Waals surface area contributed by atoms with Crippen LogP contribution < -0.4 is 11.1 Å². The van der Waals surface area contributed by atoms with Gasteiger partial charge in [0.05, 0.1) is 0 Å². The number of nitrogens with zero attached hydrogens (tertiary/aromatic N) is 1.